The molecule has 0 spiro atoms. The fourth-order valence-electron chi connectivity index (χ4n) is 3.99. The maximum Gasteiger partial charge on any atom is 0.312 e. The van der Waals surface area contributed by atoms with Crippen molar-refractivity contribution in [1.29, 1.82) is 0 Å². The van der Waals surface area contributed by atoms with Gasteiger partial charge in [0.15, 0.2) is 0 Å². The fraction of sp³-hybridized carbons (Fsp3) is 0.579. The van der Waals surface area contributed by atoms with Crippen molar-refractivity contribution >= 4 is 11.8 Å². The lowest BCUT2D eigenvalue weighted by molar-refractivity contribution is -0.151. The van der Waals surface area contributed by atoms with Crippen molar-refractivity contribution in [2.24, 2.45) is 10.8 Å². The zero-order valence-corrected chi connectivity index (χ0v) is 15.1. The number of aryl methyl sites for hydroxylation is 1. The van der Waals surface area contributed by atoms with E-state index in [2.05, 4.69) is 19.2 Å². The lowest BCUT2D eigenvalue weighted by atomic mass is 9.71. The molecule has 2 aliphatic rings. The van der Waals surface area contributed by atoms with Gasteiger partial charge in [-0.3, -0.25) is 9.59 Å². The van der Waals surface area contributed by atoms with Gasteiger partial charge < -0.3 is 15.1 Å². The van der Waals surface area contributed by atoms with Gasteiger partial charge in [-0.15, -0.1) is 0 Å². The van der Waals surface area contributed by atoms with Crippen molar-refractivity contribution in [2.75, 3.05) is 33.2 Å². The Bertz CT molecular complexity index is 656. The number of fused-ring (bicyclic) bond motifs is 1. The summed E-state index contributed by atoms with van der Waals surface area (Å²) in [5.74, 6) is -0.790. The molecule has 0 aromatic heterocycles. The first-order valence-corrected chi connectivity index (χ1v) is 8.55. The standard InChI is InChI=1S/C19H27N3O2/c1-14-7-5-6-8-15(14)9-21(4)16(23)17(24)22-12-18(2)10-20-11-19(18,3)13-22/h5-8,20H,9-13H2,1-4H3/t18-,19+. The van der Waals surface area contributed by atoms with Crippen molar-refractivity contribution in [2.45, 2.75) is 27.3 Å². The van der Waals surface area contributed by atoms with Crippen LogP contribution >= 0.6 is 0 Å². The van der Waals surface area contributed by atoms with E-state index in [1.807, 2.05) is 31.2 Å². The largest absolute Gasteiger partial charge is 0.333 e. The van der Waals surface area contributed by atoms with E-state index in [-0.39, 0.29) is 16.7 Å². The summed E-state index contributed by atoms with van der Waals surface area (Å²) in [6, 6.07) is 7.95. The van der Waals surface area contributed by atoms with Gasteiger partial charge in [-0.25, -0.2) is 0 Å². The van der Waals surface area contributed by atoms with Gasteiger partial charge in [0, 0.05) is 50.6 Å². The molecule has 2 heterocycles. The molecule has 0 radical (unpaired) electrons. The maximum absolute atomic E-state index is 12.7. The van der Waals surface area contributed by atoms with Crippen LogP contribution in [-0.2, 0) is 16.1 Å². The number of hydrogen-bond donors (Lipinski definition) is 1. The second-order valence-electron chi connectivity index (χ2n) is 7.97. The van der Waals surface area contributed by atoms with Gasteiger partial charge >= 0.3 is 11.8 Å². The molecule has 1 aromatic carbocycles. The third kappa shape index (κ3) is 2.71. The van der Waals surface area contributed by atoms with Crippen LogP contribution < -0.4 is 5.32 Å². The molecule has 2 aliphatic heterocycles. The summed E-state index contributed by atoms with van der Waals surface area (Å²) < 4.78 is 0. The van der Waals surface area contributed by atoms with Crippen LogP contribution in [-0.4, -0.2) is 54.8 Å². The Labute approximate surface area is 144 Å². The van der Waals surface area contributed by atoms with E-state index in [1.54, 1.807) is 11.9 Å². The van der Waals surface area contributed by atoms with Crippen LogP contribution in [0.3, 0.4) is 0 Å². The number of rotatable bonds is 2. The minimum atomic E-state index is -0.418. The molecule has 2 amide bonds. The predicted octanol–water partition coefficient (Wildman–Crippen LogP) is 1.41. The van der Waals surface area contributed by atoms with Crippen molar-refractivity contribution in [3.63, 3.8) is 0 Å². The molecule has 3 rings (SSSR count). The van der Waals surface area contributed by atoms with Crippen LogP contribution in [0.25, 0.3) is 0 Å². The molecule has 130 valence electrons. The lowest BCUT2D eigenvalue weighted by Crippen LogP contribution is -2.44. The molecular formula is C19H27N3O2. The molecular weight excluding hydrogens is 302 g/mol. The Hall–Kier alpha value is -1.88. The van der Waals surface area contributed by atoms with Crippen LogP contribution in [0.1, 0.15) is 25.0 Å². The summed E-state index contributed by atoms with van der Waals surface area (Å²) in [7, 11) is 1.70. The number of carbonyl (C=O) groups excluding carboxylic acids is 2. The van der Waals surface area contributed by atoms with E-state index in [0.29, 0.717) is 19.6 Å². The maximum atomic E-state index is 12.7. The monoisotopic (exact) mass is 329 g/mol. The minimum absolute atomic E-state index is 0.0531. The average molecular weight is 329 g/mol. The fourth-order valence-corrected chi connectivity index (χ4v) is 3.99. The number of likely N-dealkylation sites (N-methyl/N-ethyl adjacent to an activating group) is 1. The van der Waals surface area contributed by atoms with Crippen molar-refractivity contribution in [3.05, 3.63) is 35.4 Å². The normalized spacial score (nSPS) is 28.8. The van der Waals surface area contributed by atoms with Crippen LogP contribution in [0.15, 0.2) is 24.3 Å². The summed E-state index contributed by atoms with van der Waals surface area (Å²) in [5, 5.41) is 3.42. The lowest BCUT2D eigenvalue weighted by Gasteiger charge is -2.30. The highest BCUT2D eigenvalue weighted by Gasteiger charge is 2.56. The number of benzene rings is 1. The van der Waals surface area contributed by atoms with E-state index in [4.69, 9.17) is 0 Å². The highest BCUT2D eigenvalue weighted by molar-refractivity contribution is 6.34. The molecule has 0 bridgehead atoms. The van der Waals surface area contributed by atoms with Gasteiger partial charge in [0.05, 0.1) is 0 Å². The Balaban J connectivity index is 1.67. The van der Waals surface area contributed by atoms with Crippen LogP contribution in [0.4, 0.5) is 0 Å². The first kappa shape index (κ1) is 17.0. The Morgan fingerprint density at radius 2 is 1.75 bits per heavy atom. The SMILES string of the molecule is Cc1ccccc1CN(C)C(=O)C(=O)N1C[C@]2(C)CNC[C@]2(C)C1. The van der Waals surface area contributed by atoms with Crippen molar-refractivity contribution < 1.29 is 9.59 Å². The minimum Gasteiger partial charge on any atom is -0.333 e. The topological polar surface area (TPSA) is 52.7 Å². The Morgan fingerprint density at radius 3 is 2.33 bits per heavy atom. The molecule has 1 aromatic rings. The quantitative estimate of drug-likeness (QED) is 0.835. The predicted molar refractivity (Wildman–Crippen MR) is 93.3 cm³/mol. The van der Waals surface area contributed by atoms with E-state index in [9.17, 15) is 9.59 Å². The summed E-state index contributed by atoms with van der Waals surface area (Å²) >= 11 is 0. The van der Waals surface area contributed by atoms with Crippen LogP contribution in [0.5, 0.6) is 0 Å². The van der Waals surface area contributed by atoms with Gasteiger partial charge in [-0.2, -0.15) is 0 Å². The molecule has 0 unspecified atom stereocenters. The third-order valence-electron chi connectivity index (χ3n) is 6.05. The average Bonchev–Trinajstić information content (AvgIpc) is 2.95. The molecule has 1 N–H and O–H groups in total. The van der Waals surface area contributed by atoms with Gasteiger partial charge in [0.1, 0.15) is 0 Å². The third-order valence-corrected chi connectivity index (χ3v) is 6.05. The molecule has 24 heavy (non-hydrogen) atoms. The van der Waals surface area contributed by atoms with Crippen LogP contribution in [0.2, 0.25) is 0 Å². The van der Waals surface area contributed by atoms with Gasteiger partial charge in [-0.1, -0.05) is 38.1 Å². The number of amides is 2. The number of carbonyl (C=O) groups is 2. The zero-order chi connectivity index (χ0) is 17.5. The molecule has 2 atom stereocenters. The first-order valence-electron chi connectivity index (χ1n) is 8.55. The van der Waals surface area contributed by atoms with Crippen molar-refractivity contribution in [3.8, 4) is 0 Å². The first-order chi connectivity index (χ1) is 11.3. The van der Waals surface area contributed by atoms with E-state index >= 15 is 0 Å². The number of nitrogens with zero attached hydrogens (tertiary/aromatic N) is 2. The smallest absolute Gasteiger partial charge is 0.312 e. The number of likely N-dealkylation sites (tertiary alicyclic amines) is 1. The van der Waals surface area contributed by atoms with Gasteiger partial charge in [0.25, 0.3) is 0 Å². The molecule has 2 saturated heterocycles. The second kappa shape index (κ2) is 5.88. The van der Waals surface area contributed by atoms with E-state index < -0.39 is 5.91 Å². The van der Waals surface area contributed by atoms with Crippen molar-refractivity contribution in [1.82, 2.24) is 15.1 Å². The highest BCUT2D eigenvalue weighted by Crippen LogP contribution is 2.48. The molecule has 2 fully saturated rings. The van der Waals surface area contributed by atoms with E-state index in [0.717, 1.165) is 24.2 Å². The van der Waals surface area contributed by atoms with Gasteiger partial charge in [-0.05, 0) is 18.1 Å². The summed E-state index contributed by atoms with van der Waals surface area (Å²) in [4.78, 5) is 28.6. The zero-order valence-electron chi connectivity index (χ0n) is 15.1. The number of nitrogens with one attached hydrogen (secondary N) is 1. The highest BCUT2D eigenvalue weighted by atomic mass is 16.2. The Kier molecular flexibility index (Phi) is 4.16. The molecule has 0 saturated carbocycles. The summed E-state index contributed by atoms with van der Waals surface area (Å²) in [6.45, 7) is 10.0. The molecule has 0 aliphatic carbocycles. The summed E-state index contributed by atoms with van der Waals surface area (Å²) in [5.41, 5.74) is 2.31. The Morgan fingerprint density at radius 1 is 1.17 bits per heavy atom. The summed E-state index contributed by atoms with van der Waals surface area (Å²) in [6.07, 6.45) is 0. The molecule has 5 heteroatoms. The van der Waals surface area contributed by atoms with E-state index in [1.165, 1.54) is 4.90 Å². The van der Waals surface area contributed by atoms with Crippen LogP contribution in [0, 0.1) is 17.8 Å². The molecule has 5 nitrogen and oxygen atoms in total. The second-order valence-corrected chi connectivity index (χ2v) is 7.97. The number of hydrogen-bond acceptors (Lipinski definition) is 3. The van der Waals surface area contributed by atoms with Gasteiger partial charge in [0.2, 0.25) is 0 Å².